The molecule has 2 rings (SSSR count). The molecule has 5 nitrogen and oxygen atoms in total. The van der Waals surface area contributed by atoms with Crippen LogP contribution in [0.1, 0.15) is 4.11 Å². The maximum absolute atomic E-state index is 10.8. The Hall–Kier alpha value is -0.180. The van der Waals surface area contributed by atoms with Crippen molar-refractivity contribution in [1.29, 1.82) is 0 Å². The Morgan fingerprint density at radius 3 is 2.36 bits per heavy atom. The van der Waals surface area contributed by atoms with E-state index in [2.05, 4.69) is 4.18 Å². The number of benzene rings is 2. The van der Waals surface area contributed by atoms with E-state index in [4.69, 9.17) is 43.7 Å². The van der Waals surface area contributed by atoms with Crippen LogP contribution in [0.5, 0.6) is 17.2 Å². The van der Waals surface area contributed by atoms with Crippen LogP contribution in [0.3, 0.4) is 0 Å². The summed E-state index contributed by atoms with van der Waals surface area (Å²) in [6.07, 6.45) is 0. The van der Waals surface area contributed by atoms with E-state index in [0.29, 0.717) is 0 Å². The molecule has 0 fully saturated rings. The summed E-state index contributed by atoms with van der Waals surface area (Å²) in [5, 5.41) is -0.657. The van der Waals surface area contributed by atoms with Gasteiger partial charge in [-0.25, -0.2) is 8.42 Å². The minimum atomic E-state index is -5.12. The molecule has 10 heteroatoms. The molecular weight excluding hydrogens is 386 g/mol. The first-order valence-corrected chi connectivity index (χ1v) is 7.55. The predicted molar refractivity (Wildman–Crippen MR) is 78.3 cm³/mol. The van der Waals surface area contributed by atoms with E-state index in [9.17, 15) is 13.0 Å². The average molecular weight is 395 g/mol. The summed E-state index contributed by atoms with van der Waals surface area (Å²) in [7, 11) is -5.12. The molecule has 0 aliphatic carbocycles. The number of ether oxygens (including phenoxy) is 1. The zero-order valence-corrected chi connectivity index (χ0v) is 15.9. The van der Waals surface area contributed by atoms with Gasteiger partial charge in [-0.05, 0) is 30.3 Å². The Morgan fingerprint density at radius 1 is 1.05 bits per heavy atom. The molecule has 0 spiro atoms. The van der Waals surface area contributed by atoms with Gasteiger partial charge in [0.15, 0.2) is 11.5 Å². The quantitative estimate of drug-likeness (QED) is 0.444. The van der Waals surface area contributed by atoms with Gasteiger partial charge in [0.1, 0.15) is 5.75 Å². The van der Waals surface area contributed by atoms with E-state index in [1.165, 1.54) is 12.1 Å². The molecule has 0 aromatic heterocycles. The van der Waals surface area contributed by atoms with Gasteiger partial charge < -0.3 is 13.5 Å². The third-order valence-electron chi connectivity index (χ3n) is 2.01. The molecule has 0 aliphatic heterocycles. The third kappa shape index (κ3) is 5.79. The Kier molecular flexibility index (Phi) is 5.64. The van der Waals surface area contributed by atoms with Crippen LogP contribution in [0.25, 0.3) is 0 Å². The Bertz CT molecular complexity index is 898. The minimum Gasteiger partial charge on any atom is -0.716 e. The first-order chi connectivity index (χ1) is 11.0. The Labute approximate surface area is 168 Å². The smallest absolute Gasteiger partial charge is 0.716 e. The van der Waals surface area contributed by atoms with Crippen molar-refractivity contribution < 1.29 is 55.6 Å². The van der Waals surface area contributed by atoms with Crippen LogP contribution in [-0.2, 0) is 10.4 Å². The second kappa shape index (κ2) is 8.08. The number of hydrogen-bond donors (Lipinski definition) is 0. The summed E-state index contributed by atoms with van der Waals surface area (Å²) in [5.41, 5.74) is 0. The average Bonchev–Trinajstić information content (AvgIpc) is 2.48. The van der Waals surface area contributed by atoms with Crippen molar-refractivity contribution in [2.24, 2.45) is 0 Å². The fourth-order valence-electron chi connectivity index (χ4n) is 1.27. The van der Waals surface area contributed by atoms with E-state index in [1.54, 1.807) is 0 Å². The maximum Gasteiger partial charge on any atom is 1.00 e. The van der Waals surface area contributed by atoms with Crippen LogP contribution >= 0.6 is 34.8 Å². The number of rotatable bonds is 4. The van der Waals surface area contributed by atoms with Gasteiger partial charge in [-0.1, -0.05) is 34.8 Å². The van der Waals surface area contributed by atoms with Gasteiger partial charge in [0.25, 0.3) is 10.4 Å². The second-order valence-corrected chi connectivity index (χ2v) is 5.69. The van der Waals surface area contributed by atoms with Crippen molar-refractivity contribution in [2.45, 2.75) is 0 Å². The molecule has 0 heterocycles. The normalized spacial score (nSPS) is 12.6. The summed E-state index contributed by atoms with van der Waals surface area (Å²) >= 11 is 17.3. The SMILES string of the molecule is [2H]c1c([2H])c(Oc2ccc(Cl)cc2OS(=O)(=O)[O-])c(Cl)c([2H])c1Cl.[Na+]. The summed E-state index contributed by atoms with van der Waals surface area (Å²) in [6, 6.07) is 1.99. The van der Waals surface area contributed by atoms with E-state index in [0.717, 1.165) is 6.07 Å². The molecule has 2 aromatic rings. The molecule has 0 bridgehead atoms. The second-order valence-electron chi connectivity index (χ2n) is 3.52. The van der Waals surface area contributed by atoms with Gasteiger partial charge >= 0.3 is 29.6 Å². The van der Waals surface area contributed by atoms with Crippen LogP contribution < -0.4 is 38.5 Å². The van der Waals surface area contributed by atoms with Crippen molar-refractivity contribution in [2.75, 3.05) is 0 Å². The van der Waals surface area contributed by atoms with Crippen LogP contribution in [0.2, 0.25) is 15.1 Å². The first-order valence-electron chi connectivity index (χ1n) is 6.58. The van der Waals surface area contributed by atoms with Crippen molar-refractivity contribution in [3.63, 3.8) is 0 Å². The van der Waals surface area contributed by atoms with Crippen LogP contribution in [-0.4, -0.2) is 13.0 Å². The van der Waals surface area contributed by atoms with Gasteiger partial charge in [0.2, 0.25) is 0 Å². The van der Waals surface area contributed by atoms with E-state index in [-0.39, 0.29) is 50.4 Å². The summed E-state index contributed by atoms with van der Waals surface area (Å²) in [4.78, 5) is 0. The molecule has 0 unspecified atom stereocenters. The van der Waals surface area contributed by atoms with Crippen LogP contribution in [0, 0.1) is 0 Å². The summed E-state index contributed by atoms with van der Waals surface area (Å²) in [6.45, 7) is 0. The third-order valence-corrected chi connectivity index (χ3v) is 3.09. The zero-order chi connectivity index (χ0) is 18.2. The molecule has 0 saturated carbocycles. The fraction of sp³-hybridized carbons (Fsp3) is 0. The van der Waals surface area contributed by atoms with Crippen molar-refractivity contribution in [3.8, 4) is 17.2 Å². The van der Waals surface area contributed by atoms with E-state index >= 15 is 0 Å². The standard InChI is InChI=1S/C12H7Cl3O5S.Na/c13-7-1-3-10(9(15)5-7)19-11-4-2-8(14)6-12(11)20-21(16,17)18;/h1-6H,(H,16,17,18);/q;+1/p-1/i1D,3D,5D;. The maximum atomic E-state index is 10.8. The molecule has 112 valence electrons. The Morgan fingerprint density at radius 2 is 1.73 bits per heavy atom. The zero-order valence-electron chi connectivity index (χ0n) is 13.8. The van der Waals surface area contributed by atoms with Gasteiger partial charge in [-0.15, -0.1) is 0 Å². The first kappa shape index (κ1) is 15.4. The topological polar surface area (TPSA) is 75.7 Å². The fourth-order valence-corrected chi connectivity index (χ4v) is 2.16. The molecule has 0 atom stereocenters. The number of halogens is 3. The molecule has 0 aliphatic rings. The van der Waals surface area contributed by atoms with Crippen LogP contribution in [0.4, 0.5) is 0 Å². The van der Waals surface area contributed by atoms with Gasteiger partial charge in [0, 0.05) is 16.1 Å². The molecule has 0 radical (unpaired) electrons. The molecule has 2 aromatic carbocycles. The molecule has 0 saturated heterocycles. The van der Waals surface area contributed by atoms with Gasteiger partial charge in [0.05, 0.1) is 9.13 Å². The van der Waals surface area contributed by atoms with Crippen molar-refractivity contribution >= 4 is 45.2 Å². The Balaban J connectivity index is 0.00000312. The molecular formula is C12H6Cl3NaO5S. The summed E-state index contributed by atoms with van der Waals surface area (Å²) in [5.74, 6) is -1.28. The monoisotopic (exact) mass is 393 g/mol. The predicted octanol–water partition coefficient (Wildman–Crippen LogP) is 1.28. The van der Waals surface area contributed by atoms with Gasteiger partial charge in [-0.3, -0.25) is 0 Å². The minimum absolute atomic E-state index is 0. The molecule has 22 heavy (non-hydrogen) atoms. The van der Waals surface area contributed by atoms with Gasteiger partial charge in [-0.2, -0.15) is 0 Å². The van der Waals surface area contributed by atoms with E-state index < -0.39 is 40.0 Å². The van der Waals surface area contributed by atoms with E-state index in [1.807, 2.05) is 0 Å². The van der Waals surface area contributed by atoms with Crippen LogP contribution in [0.15, 0.2) is 36.3 Å². The molecule has 0 N–H and O–H groups in total. The van der Waals surface area contributed by atoms with Crippen molar-refractivity contribution in [1.82, 2.24) is 0 Å². The van der Waals surface area contributed by atoms with Crippen molar-refractivity contribution in [3.05, 3.63) is 51.4 Å². The summed E-state index contributed by atoms with van der Waals surface area (Å²) < 4.78 is 65.0. The number of hydrogen-bond acceptors (Lipinski definition) is 5. The molecule has 0 amide bonds. The largest absolute Gasteiger partial charge is 1.00 e.